The van der Waals surface area contributed by atoms with E-state index in [9.17, 15) is 4.79 Å². The van der Waals surface area contributed by atoms with Gasteiger partial charge in [-0.3, -0.25) is 4.79 Å². The lowest BCUT2D eigenvalue weighted by molar-refractivity contribution is 0.358. The second kappa shape index (κ2) is 7.06. The standard InChI is InChI=1S/C16H12ClN5O2/c17-13-4-1-11(2-5-13)3-6-14-20-15(24-21-14)10-22-16(23)12(9-18)7-8-19-22/h1-2,4-5,7-8H,3,6,10H2. The van der Waals surface area contributed by atoms with E-state index in [0.29, 0.717) is 17.3 Å². The van der Waals surface area contributed by atoms with Gasteiger partial charge in [0.25, 0.3) is 5.56 Å². The van der Waals surface area contributed by atoms with Crippen molar-refractivity contribution in [1.29, 1.82) is 5.26 Å². The van der Waals surface area contributed by atoms with Crippen LogP contribution in [-0.2, 0) is 19.4 Å². The molecule has 3 rings (SSSR count). The summed E-state index contributed by atoms with van der Waals surface area (Å²) in [5.74, 6) is 0.815. The highest BCUT2D eigenvalue weighted by Gasteiger charge is 2.10. The Hall–Kier alpha value is -2.98. The Balaban J connectivity index is 1.67. The number of nitrogens with zero attached hydrogens (tertiary/aromatic N) is 5. The molecule has 8 heteroatoms. The predicted octanol–water partition coefficient (Wildman–Crippen LogP) is 1.98. The third-order valence-corrected chi connectivity index (χ3v) is 3.63. The Labute approximate surface area is 142 Å². The normalized spacial score (nSPS) is 10.5. The average Bonchev–Trinajstić information content (AvgIpc) is 3.04. The minimum Gasteiger partial charge on any atom is -0.337 e. The van der Waals surface area contributed by atoms with Crippen molar-refractivity contribution < 1.29 is 4.52 Å². The number of hydrogen-bond donors (Lipinski definition) is 0. The maximum absolute atomic E-state index is 11.9. The third-order valence-electron chi connectivity index (χ3n) is 3.38. The number of rotatable bonds is 5. The summed E-state index contributed by atoms with van der Waals surface area (Å²) in [6.07, 6.45) is 2.74. The van der Waals surface area contributed by atoms with Gasteiger partial charge in [0.15, 0.2) is 5.82 Å². The first-order valence-corrected chi connectivity index (χ1v) is 7.55. The van der Waals surface area contributed by atoms with Crippen molar-refractivity contribution in [3.63, 3.8) is 0 Å². The topological polar surface area (TPSA) is 97.6 Å². The quantitative estimate of drug-likeness (QED) is 0.703. The Bertz CT molecular complexity index is 940. The molecule has 0 amide bonds. The van der Waals surface area contributed by atoms with Gasteiger partial charge in [-0.2, -0.15) is 15.3 Å². The van der Waals surface area contributed by atoms with E-state index in [1.165, 1.54) is 12.3 Å². The average molecular weight is 342 g/mol. The van der Waals surface area contributed by atoms with Crippen molar-refractivity contribution >= 4 is 11.6 Å². The maximum atomic E-state index is 11.9. The summed E-state index contributed by atoms with van der Waals surface area (Å²) >= 11 is 5.85. The van der Waals surface area contributed by atoms with Gasteiger partial charge < -0.3 is 4.52 Å². The number of benzene rings is 1. The molecule has 0 atom stereocenters. The van der Waals surface area contributed by atoms with Gasteiger partial charge in [0.2, 0.25) is 5.89 Å². The van der Waals surface area contributed by atoms with Crippen molar-refractivity contribution in [2.75, 3.05) is 0 Å². The molecule has 3 aromatic rings. The number of aromatic nitrogens is 4. The Morgan fingerprint density at radius 1 is 1.21 bits per heavy atom. The van der Waals surface area contributed by atoms with Gasteiger partial charge in [0.1, 0.15) is 18.2 Å². The molecule has 2 aromatic heterocycles. The molecule has 120 valence electrons. The van der Waals surface area contributed by atoms with Gasteiger partial charge in [-0.1, -0.05) is 28.9 Å². The third kappa shape index (κ3) is 3.67. The Morgan fingerprint density at radius 2 is 2.00 bits per heavy atom. The molecule has 0 aliphatic rings. The summed E-state index contributed by atoms with van der Waals surface area (Å²) in [5, 5.41) is 17.4. The monoisotopic (exact) mass is 341 g/mol. The second-order valence-electron chi connectivity index (χ2n) is 5.05. The Kier molecular flexibility index (Phi) is 4.68. The molecular weight excluding hydrogens is 330 g/mol. The molecule has 0 aliphatic heterocycles. The molecule has 2 heterocycles. The van der Waals surface area contributed by atoms with Crippen LogP contribution in [0, 0.1) is 11.3 Å². The minimum atomic E-state index is -0.485. The molecule has 0 saturated carbocycles. The zero-order valence-electron chi connectivity index (χ0n) is 12.5. The van der Waals surface area contributed by atoms with Crippen LogP contribution in [0.3, 0.4) is 0 Å². The lowest BCUT2D eigenvalue weighted by Gasteiger charge is -1.99. The van der Waals surface area contributed by atoms with Crippen molar-refractivity contribution in [2.24, 2.45) is 0 Å². The maximum Gasteiger partial charge on any atom is 0.285 e. The molecular formula is C16H12ClN5O2. The van der Waals surface area contributed by atoms with E-state index in [1.807, 2.05) is 30.3 Å². The molecule has 0 fully saturated rings. The molecule has 7 nitrogen and oxygen atoms in total. The first-order chi connectivity index (χ1) is 11.7. The van der Waals surface area contributed by atoms with Crippen molar-refractivity contribution in [3.05, 3.63) is 74.7 Å². The summed E-state index contributed by atoms with van der Waals surface area (Å²) in [7, 11) is 0. The second-order valence-corrected chi connectivity index (χ2v) is 5.49. The fourth-order valence-corrected chi connectivity index (χ4v) is 2.27. The highest BCUT2D eigenvalue weighted by Crippen LogP contribution is 2.11. The summed E-state index contributed by atoms with van der Waals surface area (Å²) in [4.78, 5) is 16.2. The van der Waals surface area contributed by atoms with Crippen molar-refractivity contribution in [3.8, 4) is 6.07 Å². The van der Waals surface area contributed by atoms with E-state index >= 15 is 0 Å². The fourth-order valence-electron chi connectivity index (χ4n) is 2.14. The van der Waals surface area contributed by atoms with Crippen LogP contribution >= 0.6 is 11.6 Å². The summed E-state index contributed by atoms with van der Waals surface area (Å²) in [6, 6.07) is 10.7. The van der Waals surface area contributed by atoms with Gasteiger partial charge in [-0.25, -0.2) is 4.68 Å². The molecule has 0 radical (unpaired) electrons. The van der Waals surface area contributed by atoms with Crippen LogP contribution in [0.2, 0.25) is 5.02 Å². The molecule has 0 saturated heterocycles. The van der Waals surface area contributed by atoms with Crippen LogP contribution in [-0.4, -0.2) is 19.9 Å². The number of halogens is 1. The SMILES string of the molecule is N#Cc1ccnn(Cc2nc(CCc3ccc(Cl)cc3)no2)c1=O. The molecule has 0 N–H and O–H groups in total. The fraction of sp³-hybridized carbons (Fsp3) is 0.188. The van der Waals surface area contributed by atoms with Crippen molar-refractivity contribution in [2.45, 2.75) is 19.4 Å². The zero-order chi connectivity index (χ0) is 16.9. The van der Waals surface area contributed by atoms with Crippen molar-refractivity contribution in [1.82, 2.24) is 19.9 Å². The van der Waals surface area contributed by atoms with Gasteiger partial charge in [-0.15, -0.1) is 0 Å². The van der Waals surface area contributed by atoms with Crippen LogP contribution in [0.25, 0.3) is 0 Å². The highest BCUT2D eigenvalue weighted by molar-refractivity contribution is 6.30. The predicted molar refractivity (Wildman–Crippen MR) is 85.5 cm³/mol. The van der Waals surface area contributed by atoms with Crippen LogP contribution in [0.1, 0.15) is 22.8 Å². The van der Waals surface area contributed by atoms with E-state index in [2.05, 4.69) is 15.2 Å². The lowest BCUT2D eigenvalue weighted by atomic mass is 10.1. The minimum absolute atomic E-state index is 0.0208. The van der Waals surface area contributed by atoms with Gasteiger partial charge in [0.05, 0.1) is 0 Å². The smallest absolute Gasteiger partial charge is 0.285 e. The number of nitriles is 1. The number of hydrogen-bond acceptors (Lipinski definition) is 6. The molecule has 0 bridgehead atoms. The summed E-state index contributed by atoms with van der Waals surface area (Å²) in [6.45, 7) is 0.0301. The largest absolute Gasteiger partial charge is 0.337 e. The molecule has 0 aliphatic carbocycles. The Morgan fingerprint density at radius 3 is 2.75 bits per heavy atom. The van der Waals surface area contributed by atoms with Gasteiger partial charge in [0, 0.05) is 17.6 Å². The first-order valence-electron chi connectivity index (χ1n) is 7.18. The molecule has 1 aromatic carbocycles. The van der Waals surface area contributed by atoms with Crippen LogP contribution in [0.15, 0.2) is 45.8 Å². The summed E-state index contributed by atoms with van der Waals surface area (Å²) in [5.41, 5.74) is 0.652. The van der Waals surface area contributed by atoms with Gasteiger partial charge in [-0.05, 0) is 30.2 Å². The van der Waals surface area contributed by atoms with Crippen LogP contribution in [0.4, 0.5) is 0 Å². The van der Waals surface area contributed by atoms with Gasteiger partial charge >= 0.3 is 0 Å². The lowest BCUT2D eigenvalue weighted by Crippen LogP contribution is -2.25. The highest BCUT2D eigenvalue weighted by atomic mass is 35.5. The van der Waals surface area contributed by atoms with E-state index in [0.717, 1.165) is 16.7 Å². The molecule has 0 unspecified atom stereocenters. The van der Waals surface area contributed by atoms with E-state index in [-0.39, 0.29) is 18.0 Å². The molecule has 0 spiro atoms. The van der Waals surface area contributed by atoms with E-state index < -0.39 is 5.56 Å². The molecule has 24 heavy (non-hydrogen) atoms. The first kappa shape index (κ1) is 15.9. The van der Waals surface area contributed by atoms with Crippen LogP contribution in [0.5, 0.6) is 0 Å². The zero-order valence-corrected chi connectivity index (χ0v) is 13.3. The van der Waals surface area contributed by atoms with Crippen LogP contribution < -0.4 is 5.56 Å². The van der Waals surface area contributed by atoms with E-state index in [4.69, 9.17) is 21.4 Å². The number of aryl methyl sites for hydroxylation is 2. The van der Waals surface area contributed by atoms with E-state index in [1.54, 1.807) is 0 Å². The summed E-state index contributed by atoms with van der Waals surface area (Å²) < 4.78 is 6.26.